The minimum Gasteiger partial charge on any atom is -0.396 e. The number of primary amides is 1. The molecule has 0 spiro atoms. The fraction of sp³-hybridized carbons (Fsp3) is 0.857. The summed E-state index contributed by atoms with van der Waals surface area (Å²) in [7, 11) is 0. The molecular weight excluding hydrogens is 130 g/mol. The van der Waals surface area contributed by atoms with Crippen LogP contribution in [0.5, 0.6) is 0 Å². The van der Waals surface area contributed by atoms with Crippen LogP contribution in [0.15, 0.2) is 0 Å². The van der Waals surface area contributed by atoms with Gasteiger partial charge in [0.05, 0.1) is 12.5 Å². The number of aliphatic hydroxyl groups excluding tert-OH is 1. The fourth-order valence-corrected chi connectivity index (χ4v) is 0.850. The Balaban J connectivity index is 3.72. The Morgan fingerprint density at radius 2 is 2.10 bits per heavy atom. The van der Waals surface area contributed by atoms with Gasteiger partial charge in [-0.3, -0.25) is 4.79 Å². The van der Waals surface area contributed by atoms with Crippen molar-refractivity contribution in [3.63, 3.8) is 0 Å². The largest absolute Gasteiger partial charge is 0.396 e. The molecule has 0 saturated heterocycles. The van der Waals surface area contributed by atoms with Gasteiger partial charge < -0.3 is 10.8 Å². The van der Waals surface area contributed by atoms with Crippen molar-refractivity contribution in [2.75, 3.05) is 6.61 Å². The highest BCUT2D eigenvalue weighted by Crippen LogP contribution is 2.09. The van der Waals surface area contributed by atoms with Crippen molar-refractivity contribution in [3.8, 4) is 0 Å². The van der Waals surface area contributed by atoms with Gasteiger partial charge in [-0.15, -0.1) is 0 Å². The predicted molar refractivity (Wildman–Crippen MR) is 39.2 cm³/mol. The van der Waals surface area contributed by atoms with Crippen LogP contribution in [0.1, 0.15) is 20.3 Å². The van der Waals surface area contributed by atoms with Crippen LogP contribution in [0.2, 0.25) is 0 Å². The van der Waals surface area contributed by atoms with Gasteiger partial charge in [0.1, 0.15) is 0 Å². The first-order valence-electron chi connectivity index (χ1n) is 3.48. The Kier molecular flexibility index (Phi) is 4.03. The van der Waals surface area contributed by atoms with Crippen LogP contribution in [0, 0.1) is 11.8 Å². The molecule has 0 heterocycles. The maximum absolute atomic E-state index is 10.5. The number of hydrogen-bond donors (Lipinski definition) is 2. The van der Waals surface area contributed by atoms with Gasteiger partial charge in [0.25, 0.3) is 0 Å². The van der Waals surface area contributed by atoms with Crippen LogP contribution in [-0.4, -0.2) is 17.6 Å². The summed E-state index contributed by atoms with van der Waals surface area (Å²) in [6, 6.07) is 0. The first-order valence-corrected chi connectivity index (χ1v) is 3.48. The molecule has 0 aliphatic carbocycles. The fourth-order valence-electron chi connectivity index (χ4n) is 0.850. The minimum absolute atomic E-state index is 0.131. The highest BCUT2D eigenvalue weighted by molar-refractivity contribution is 5.76. The lowest BCUT2D eigenvalue weighted by Gasteiger charge is -2.11. The number of hydrogen-bond acceptors (Lipinski definition) is 2. The maximum atomic E-state index is 10.5. The second kappa shape index (κ2) is 4.28. The van der Waals surface area contributed by atoms with Crippen LogP contribution in [0.25, 0.3) is 0 Å². The Morgan fingerprint density at radius 1 is 1.60 bits per heavy atom. The van der Waals surface area contributed by atoms with Crippen molar-refractivity contribution in [2.24, 2.45) is 17.6 Å². The van der Waals surface area contributed by atoms with Crippen molar-refractivity contribution >= 4 is 5.91 Å². The molecule has 0 saturated carbocycles. The number of carbonyl (C=O) groups is 1. The smallest absolute Gasteiger partial charge is 0.222 e. The summed E-state index contributed by atoms with van der Waals surface area (Å²) < 4.78 is 0. The van der Waals surface area contributed by atoms with E-state index in [9.17, 15) is 4.79 Å². The summed E-state index contributed by atoms with van der Waals surface area (Å²) in [6.45, 7) is 3.85. The Labute approximate surface area is 61.2 Å². The zero-order valence-electron chi connectivity index (χ0n) is 6.50. The monoisotopic (exact) mass is 145 g/mol. The molecule has 10 heavy (non-hydrogen) atoms. The normalized spacial score (nSPS) is 13.6. The summed E-state index contributed by atoms with van der Waals surface area (Å²) in [4.78, 5) is 10.5. The van der Waals surface area contributed by atoms with Crippen LogP contribution in [0.4, 0.5) is 0 Å². The number of nitrogens with two attached hydrogens (primary N) is 1. The molecular formula is C7H15NO2. The molecule has 0 aromatic heterocycles. The first kappa shape index (κ1) is 9.43. The SMILES string of the molecule is CC(C)CC(CO)C(N)=O. The van der Waals surface area contributed by atoms with E-state index in [2.05, 4.69) is 0 Å². The molecule has 60 valence electrons. The Bertz CT molecular complexity index is 112. The van der Waals surface area contributed by atoms with Crippen LogP contribution in [0.3, 0.4) is 0 Å². The molecule has 0 aliphatic rings. The van der Waals surface area contributed by atoms with E-state index in [1.54, 1.807) is 0 Å². The predicted octanol–water partition coefficient (Wildman–Crippen LogP) is 0.126. The second-order valence-corrected chi connectivity index (χ2v) is 2.91. The van der Waals surface area contributed by atoms with Gasteiger partial charge in [-0.1, -0.05) is 13.8 Å². The molecule has 0 rings (SSSR count). The second-order valence-electron chi connectivity index (χ2n) is 2.91. The van der Waals surface area contributed by atoms with Gasteiger partial charge in [0.2, 0.25) is 5.91 Å². The molecule has 0 bridgehead atoms. The molecule has 3 nitrogen and oxygen atoms in total. The summed E-state index contributed by atoms with van der Waals surface area (Å²) in [6.07, 6.45) is 0.672. The molecule has 0 aromatic rings. The number of carbonyl (C=O) groups excluding carboxylic acids is 1. The average molecular weight is 145 g/mol. The zero-order chi connectivity index (χ0) is 8.15. The van der Waals surface area contributed by atoms with Gasteiger partial charge >= 0.3 is 0 Å². The molecule has 1 unspecified atom stereocenters. The molecule has 0 aromatic carbocycles. The molecule has 1 amide bonds. The van der Waals surface area contributed by atoms with Crippen molar-refractivity contribution in [1.82, 2.24) is 0 Å². The van der Waals surface area contributed by atoms with E-state index in [1.165, 1.54) is 0 Å². The molecule has 3 N–H and O–H groups in total. The van der Waals surface area contributed by atoms with Crippen LogP contribution >= 0.6 is 0 Å². The third kappa shape index (κ3) is 3.45. The van der Waals surface area contributed by atoms with Gasteiger partial charge in [-0.25, -0.2) is 0 Å². The maximum Gasteiger partial charge on any atom is 0.222 e. The van der Waals surface area contributed by atoms with Crippen molar-refractivity contribution in [3.05, 3.63) is 0 Å². The van der Waals surface area contributed by atoms with Crippen LogP contribution in [-0.2, 0) is 4.79 Å². The summed E-state index contributed by atoms with van der Waals surface area (Å²) in [5, 5.41) is 8.64. The van der Waals surface area contributed by atoms with E-state index in [0.717, 1.165) is 0 Å². The van der Waals surface area contributed by atoms with Gasteiger partial charge in [-0.2, -0.15) is 0 Å². The highest BCUT2D eigenvalue weighted by atomic mass is 16.3. The summed E-state index contributed by atoms with van der Waals surface area (Å²) >= 11 is 0. The average Bonchev–Trinajstić information content (AvgIpc) is 1.81. The molecule has 3 heteroatoms. The van der Waals surface area contributed by atoms with Gasteiger partial charge in [-0.05, 0) is 12.3 Å². The van der Waals surface area contributed by atoms with E-state index in [1.807, 2.05) is 13.8 Å². The third-order valence-corrected chi connectivity index (χ3v) is 1.38. The number of rotatable bonds is 4. The van der Waals surface area contributed by atoms with Gasteiger partial charge in [0, 0.05) is 0 Å². The quantitative estimate of drug-likeness (QED) is 0.590. The molecule has 0 fully saturated rings. The molecule has 0 aliphatic heterocycles. The van der Waals surface area contributed by atoms with Crippen LogP contribution < -0.4 is 5.73 Å². The number of aliphatic hydroxyl groups is 1. The molecule has 1 atom stereocenters. The van der Waals surface area contributed by atoms with Crippen molar-refractivity contribution in [1.29, 1.82) is 0 Å². The van der Waals surface area contributed by atoms with E-state index in [4.69, 9.17) is 10.8 Å². The lowest BCUT2D eigenvalue weighted by Crippen LogP contribution is -2.27. The number of amides is 1. The minimum atomic E-state index is -0.406. The van der Waals surface area contributed by atoms with Gasteiger partial charge in [0.15, 0.2) is 0 Å². The van der Waals surface area contributed by atoms with Crippen molar-refractivity contribution in [2.45, 2.75) is 20.3 Å². The standard InChI is InChI=1S/C7H15NO2/c1-5(2)3-6(4-9)7(8)10/h5-6,9H,3-4H2,1-2H3,(H2,8,10). The third-order valence-electron chi connectivity index (χ3n) is 1.38. The summed E-state index contributed by atoms with van der Waals surface area (Å²) in [5.74, 6) is -0.360. The lowest BCUT2D eigenvalue weighted by atomic mass is 9.97. The van der Waals surface area contributed by atoms with E-state index in [-0.39, 0.29) is 12.5 Å². The first-order chi connectivity index (χ1) is 4.57. The zero-order valence-corrected chi connectivity index (χ0v) is 6.50. The highest BCUT2D eigenvalue weighted by Gasteiger charge is 2.14. The topological polar surface area (TPSA) is 63.3 Å². The van der Waals surface area contributed by atoms with E-state index < -0.39 is 5.91 Å². The van der Waals surface area contributed by atoms with E-state index >= 15 is 0 Å². The Hall–Kier alpha value is -0.570. The van der Waals surface area contributed by atoms with E-state index in [0.29, 0.717) is 12.3 Å². The Morgan fingerprint density at radius 3 is 2.20 bits per heavy atom. The van der Waals surface area contributed by atoms with Crippen molar-refractivity contribution < 1.29 is 9.90 Å². The summed E-state index contributed by atoms with van der Waals surface area (Å²) in [5.41, 5.74) is 5.00. The lowest BCUT2D eigenvalue weighted by molar-refractivity contribution is -0.123. The molecule has 0 radical (unpaired) electrons.